The van der Waals surface area contributed by atoms with E-state index in [0.29, 0.717) is 12.2 Å². The summed E-state index contributed by atoms with van der Waals surface area (Å²) < 4.78 is 12.5. The molecule has 0 radical (unpaired) electrons. The second kappa shape index (κ2) is 8.13. The molecule has 2 aliphatic rings. The highest BCUT2D eigenvalue weighted by atomic mass is 16.5. The zero-order chi connectivity index (χ0) is 20.5. The third kappa shape index (κ3) is 3.87. The van der Waals surface area contributed by atoms with Crippen LogP contribution in [0.25, 0.3) is 0 Å². The minimum absolute atomic E-state index is 0.0429. The first-order valence-electron chi connectivity index (χ1n) is 10.2. The monoisotopic (exact) mass is 396 g/mol. The number of aromatic hydroxyl groups is 1. The Morgan fingerprint density at radius 2 is 2.00 bits per heavy atom. The zero-order valence-corrected chi connectivity index (χ0v) is 17.0. The number of rotatable bonds is 5. The second-order valence-corrected chi connectivity index (χ2v) is 8.26. The van der Waals surface area contributed by atoms with Crippen LogP contribution >= 0.6 is 0 Å². The van der Waals surface area contributed by atoms with Gasteiger partial charge in [-0.15, -0.1) is 0 Å². The maximum Gasteiger partial charge on any atom is 0.274 e. The van der Waals surface area contributed by atoms with E-state index in [-0.39, 0.29) is 53.5 Å². The first-order chi connectivity index (χ1) is 14.0. The number of nitrogens with one attached hydrogen (secondary N) is 1. The number of aryl methyl sites for hydroxylation is 1. The molecule has 6 nitrogen and oxygen atoms in total. The SMILES string of the molecule is Cc1ccnc(C(=O)N[C@H]2CC3OC2[C@H](C)[C@@H](OCc2ccccc2)[C@H]3C)c1O. The van der Waals surface area contributed by atoms with Crippen molar-refractivity contribution in [3.05, 3.63) is 59.4 Å². The molecule has 2 unspecified atom stereocenters. The van der Waals surface area contributed by atoms with E-state index in [1.54, 1.807) is 13.0 Å². The third-order valence-electron chi connectivity index (χ3n) is 6.30. The van der Waals surface area contributed by atoms with Crippen molar-refractivity contribution in [2.45, 2.75) is 58.2 Å². The molecule has 2 saturated heterocycles. The molecular formula is C23H28N2O4. The molecule has 2 aliphatic heterocycles. The van der Waals surface area contributed by atoms with Gasteiger partial charge in [-0.05, 0) is 30.5 Å². The summed E-state index contributed by atoms with van der Waals surface area (Å²) in [6, 6.07) is 11.7. The molecule has 6 atom stereocenters. The van der Waals surface area contributed by atoms with E-state index < -0.39 is 0 Å². The van der Waals surface area contributed by atoms with Gasteiger partial charge < -0.3 is 19.9 Å². The number of ether oxygens (including phenoxy) is 2. The molecule has 6 heteroatoms. The minimum atomic E-state index is -0.367. The van der Waals surface area contributed by atoms with Gasteiger partial charge in [0.1, 0.15) is 5.75 Å². The van der Waals surface area contributed by atoms with E-state index in [9.17, 15) is 9.90 Å². The number of hydrogen-bond acceptors (Lipinski definition) is 5. The van der Waals surface area contributed by atoms with E-state index >= 15 is 0 Å². The number of aromatic nitrogens is 1. The molecule has 0 aliphatic carbocycles. The molecule has 1 aromatic carbocycles. The lowest BCUT2D eigenvalue weighted by Crippen LogP contribution is -2.49. The molecule has 0 saturated carbocycles. The van der Waals surface area contributed by atoms with Crippen LogP contribution in [0.2, 0.25) is 0 Å². The lowest BCUT2D eigenvalue weighted by molar-refractivity contribution is -0.155. The smallest absolute Gasteiger partial charge is 0.274 e. The highest BCUT2D eigenvalue weighted by molar-refractivity contribution is 5.95. The number of carbonyl (C=O) groups is 1. The average Bonchev–Trinajstić information content (AvgIpc) is 3.10. The van der Waals surface area contributed by atoms with Crippen molar-refractivity contribution in [3.8, 4) is 5.75 Å². The maximum absolute atomic E-state index is 12.7. The van der Waals surface area contributed by atoms with E-state index in [1.807, 2.05) is 18.2 Å². The lowest BCUT2D eigenvalue weighted by atomic mass is 9.86. The van der Waals surface area contributed by atoms with Gasteiger partial charge in [-0.1, -0.05) is 44.2 Å². The Morgan fingerprint density at radius 1 is 1.24 bits per heavy atom. The summed E-state index contributed by atoms with van der Waals surface area (Å²) >= 11 is 0. The Morgan fingerprint density at radius 3 is 2.76 bits per heavy atom. The van der Waals surface area contributed by atoms with Gasteiger partial charge in [-0.25, -0.2) is 4.98 Å². The summed E-state index contributed by atoms with van der Waals surface area (Å²) in [5, 5.41) is 13.2. The molecule has 1 aromatic heterocycles. The summed E-state index contributed by atoms with van der Waals surface area (Å²) in [5.41, 5.74) is 1.84. The molecular weight excluding hydrogens is 368 g/mol. The van der Waals surface area contributed by atoms with Crippen LogP contribution in [0.15, 0.2) is 42.6 Å². The number of pyridine rings is 1. The van der Waals surface area contributed by atoms with Crippen molar-refractivity contribution in [3.63, 3.8) is 0 Å². The molecule has 1 amide bonds. The summed E-state index contributed by atoms with van der Waals surface area (Å²) in [5.74, 6) is -0.0690. The van der Waals surface area contributed by atoms with Gasteiger partial charge in [0.25, 0.3) is 5.91 Å². The molecule has 2 bridgehead atoms. The van der Waals surface area contributed by atoms with Crippen LogP contribution in [0.4, 0.5) is 0 Å². The van der Waals surface area contributed by atoms with Gasteiger partial charge in [0.05, 0.1) is 31.0 Å². The number of carbonyl (C=O) groups excluding carboxylic acids is 1. The Kier molecular flexibility index (Phi) is 5.56. The quantitative estimate of drug-likeness (QED) is 0.811. The van der Waals surface area contributed by atoms with E-state index in [1.165, 1.54) is 6.20 Å². The van der Waals surface area contributed by atoms with Crippen LogP contribution in [0.1, 0.15) is 41.9 Å². The number of nitrogens with zero attached hydrogens (tertiary/aromatic N) is 1. The van der Waals surface area contributed by atoms with Crippen LogP contribution in [0.5, 0.6) is 5.75 Å². The molecule has 2 N–H and O–H groups in total. The van der Waals surface area contributed by atoms with Crippen LogP contribution in [-0.4, -0.2) is 40.4 Å². The lowest BCUT2D eigenvalue weighted by Gasteiger charge is -2.40. The average molecular weight is 396 g/mol. The van der Waals surface area contributed by atoms with Gasteiger partial charge in [-0.2, -0.15) is 0 Å². The predicted octanol–water partition coefficient (Wildman–Crippen LogP) is 3.22. The van der Waals surface area contributed by atoms with Crippen molar-refractivity contribution in [1.82, 2.24) is 10.3 Å². The topological polar surface area (TPSA) is 80.7 Å². The second-order valence-electron chi connectivity index (χ2n) is 8.26. The van der Waals surface area contributed by atoms with Crippen molar-refractivity contribution in [1.29, 1.82) is 0 Å². The summed E-state index contributed by atoms with van der Waals surface area (Å²) in [7, 11) is 0. The fourth-order valence-corrected chi connectivity index (χ4v) is 4.61. The molecule has 2 fully saturated rings. The van der Waals surface area contributed by atoms with Gasteiger partial charge >= 0.3 is 0 Å². The van der Waals surface area contributed by atoms with Gasteiger partial charge in [0, 0.05) is 18.0 Å². The molecule has 29 heavy (non-hydrogen) atoms. The Bertz CT molecular complexity index is 872. The van der Waals surface area contributed by atoms with Gasteiger partial charge in [0.15, 0.2) is 5.69 Å². The third-order valence-corrected chi connectivity index (χ3v) is 6.30. The highest BCUT2D eigenvalue weighted by Crippen LogP contribution is 2.42. The predicted molar refractivity (Wildman–Crippen MR) is 109 cm³/mol. The maximum atomic E-state index is 12.7. The van der Waals surface area contributed by atoms with Crippen LogP contribution < -0.4 is 5.32 Å². The molecule has 2 aromatic rings. The van der Waals surface area contributed by atoms with Crippen LogP contribution in [0.3, 0.4) is 0 Å². The molecule has 154 valence electrons. The van der Waals surface area contributed by atoms with Crippen molar-refractivity contribution in [2.24, 2.45) is 11.8 Å². The van der Waals surface area contributed by atoms with Crippen molar-refractivity contribution < 1.29 is 19.4 Å². The number of fused-ring (bicyclic) bond motifs is 2. The number of amides is 1. The first kappa shape index (κ1) is 19.9. The van der Waals surface area contributed by atoms with E-state index in [2.05, 4.69) is 36.3 Å². The molecule has 4 rings (SSSR count). The standard InChI is InChI=1S/C23H28N2O4/c1-13-9-10-24-19(20(13)26)23(27)25-17-11-18-14(2)21(15(3)22(17)29-18)28-12-16-7-5-4-6-8-16/h4-10,14-15,17-18,21-22,26H,11-12H2,1-3H3,(H,25,27)/t14-,15+,17-,18?,21-,22?/m0/s1. The summed E-state index contributed by atoms with van der Waals surface area (Å²) in [6.45, 7) is 6.60. The fourth-order valence-electron chi connectivity index (χ4n) is 4.61. The van der Waals surface area contributed by atoms with E-state index in [4.69, 9.17) is 9.47 Å². The fraction of sp³-hybridized carbons (Fsp3) is 0.478. The summed E-state index contributed by atoms with van der Waals surface area (Å²) in [6.07, 6.45) is 2.26. The molecule has 0 spiro atoms. The first-order valence-corrected chi connectivity index (χ1v) is 10.2. The van der Waals surface area contributed by atoms with Gasteiger partial charge in [0.2, 0.25) is 0 Å². The molecule has 3 heterocycles. The van der Waals surface area contributed by atoms with Crippen LogP contribution in [0, 0.1) is 18.8 Å². The highest BCUT2D eigenvalue weighted by Gasteiger charge is 2.51. The Labute approximate surface area is 171 Å². The Hall–Kier alpha value is -2.44. The van der Waals surface area contributed by atoms with Crippen molar-refractivity contribution in [2.75, 3.05) is 0 Å². The summed E-state index contributed by atoms with van der Waals surface area (Å²) in [4.78, 5) is 16.8. The van der Waals surface area contributed by atoms with Gasteiger partial charge in [-0.3, -0.25) is 4.79 Å². The van der Waals surface area contributed by atoms with E-state index in [0.717, 1.165) is 12.0 Å². The largest absolute Gasteiger partial charge is 0.505 e. The van der Waals surface area contributed by atoms with Crippen molar-refractivity contribution >= 4 is 5.91 Å². The normalized spacial score (nSPS) is 30.9. The Balaban J connectivity index is 1.44. The number of hydrogen-bond donors (Lipinski definition) is 2. The minimum Gasteiger partial charge on any atom is -0.505 e. The van der Waals surface area contributed by atoms with Crippen LogP contribution in [-0.2, 0) is 16.1 Å². The number of benzene rings is 1. The zero-order valence-electron chi connectivity index (χ0n) is 17.0.